The number of allylic oxidation sites excluding steroid dienone is 1. The zero-order chi connectivity index (χ0) is 14.3. The number of carbonyl (C=O) groups is 1. The van der Waals surface area contributed by atoms with Crippen LogP contribution in [0, 0.1) is 0 Å². The van der Waals surface area contributed by atoms with E-state index in [-0.39, 0.29) is 5.97 Å². The molecule has 1 aliphatic rings. The van der Waals surface area contributed by atoms with Gasteiger partial charge in [0.05, 0.1) is 5.52 Å². The number of hydrogen-bond acceptors (Lipinski definition) is 2. The third-order valence-electron chi connectivity index (χ3n) is 3.37. The number of rotatable bonds is 1. The van der Waals surface area contributed by atoms with Crippen LogP contribution in [0.5, 0.6) is 0 Å². The lowest BCUT2D eigenvalue weighted by atomic mass is 10.1. The van der Waals surface area contributed by atoms with Crippen LogP contribution in [0.4, 0.5) is 0 Å². The molecule has 0 bridgehead atoms. The summed E-state index contributed by atoms with van der Waals surface area (Å²) in [6.45, 7) is 5.68. The molecule has 20 heavy (non-hydrogen) atoms. The molecule has 0 spiro atoms. The zero-order valence-corrected chi connectivity index (χ0v) is 12.1. The molecule has 3 heteroatoms. The van der Waals surface area contributed by atoms with E-state index >= 15 is 0 Å². The highest BCUT2D eigenvalue weighted by Gasteiger charge is 2.25. The topological polar surface area (TPSA) is 31.2 Å². The van der Waals surface area contributed by atoms with Gasteiger partial charge in [0.15, 0.2) is 0 Å². The summed E-state index contributed by atoms with van der Waals surface area (Å²) in [4.78, 5) is 12.4. The van der Waals surface area contributed by atoms with E-state index in [0.29, 0.717) is 5.70 Å². The van der Waals surface area contributed by atoms with Gasteiger partial charge in [-0.2, -0.15) is 0 Å². The SMILES string of the molecule is CC(C)(C)OC(=O)C1=CCCc2cc3ccccc3n21. The molecule has 0 saturated heterocycles. The van der Waals surface area contributed by atoms with Gasteiger partial charge in [0, 0.05) is 11.1 Å². The summed E-state index contributed by atoms with van der Waals surface area (Å²) in [6.07, 6.45) is 3.82. The van der Waals surface area contributed by atoms with Gasteiger partial charge < -0.3 is 9.30 Å². The van der Waals surface area contributed by atoms with Crippen molar-refractivity contribution in [2.24, 2.45) is 0 Å². The van der Waals surface area contributed by atoms with Crippen molar-refractivity contribution in [3.05, 3.63) is 42.1 Å². The first-order valence-electron chi connectivity index (χ1n) is 6.99. The molecule has 0 saturated carbocycles. The van der Waals surface area contributed by atoms with Gasteiger partial charge in [0.25, 0.3) is 0 Å². The van der Waals surface area contributed by atoms with E-state index in [0.717, 1.165) is 18.4 Å². The zero-order valence-electron chi connectivity index (χ0n) is 12.1. The van der Waals surface area contributed by atoms with E-state index in [4.69, 9.17) is 4.74 Å². The number of benzene rings is 1. The highest BCUT2D eigenvalue weighted by atomic mass is 16.6. The summed E-state index contributed by atoms with van der Waals surface area (Å²) >= 11 is 0. The number of fused-ring (bicyclic) bond motifs is 3. The van der Waals surface area contributed by atoms with Crippen LogP contribution >= 0.6 is 0 Å². The van der Waals surface area contributed by atoms with Gasteiger partial charge in [-0.15, -0.1) is 0 Å². The second kappa shape index (κ2) is 4.51. The van der Waals surface area contributed by atoms with Gasteiger partial charge in [-0.3, -0.25) is 0 Å². The molecule has 1 aromatic carbocycles. The maximum absolute atomic E-state index is 12.4. The Balaban J connectivity index is 2.08. The van der Waals surface area contributed by atoms with Gasteiger partial charge >= 0.3 is 5.97 Å². The van der Waals surface area contributed by atoms with Crippen LogP contribution < -0.4 is 0 Å². The summed E-state index contributed by atoms with van der Waals surface area (Å²) in [6, 6.07) is 10.3. The molecule has 0 radical (unpaired) electrons. The van der Waals surface area contributed by atoms with Gasteiger partial charge in [0.2, 0.25) is 0 Å². The van der Waals surface area contributed by atoms with E-state index in [1.807, 2.05) is 49.6 Å². The maximum Gasteiger partial charge on any atom is 0.355 e. The van der Waals surface area contributed by atoms with E-state index in [2.05, 4.69) is 12.1 Å². The summed E-state index contributed by atoms with van der Waals surface area (Å²) in [7, 11) is 0. The molecule has 0 amide bonds. The Morgan fingerprint density at radius 3 is 2.75 bits per heavy atom. The van der Waals surface area contributed by atoms with Crippen molar-refractivity contribution < 1.29 is 9.53 Å². The number of esters is 1. The third-order valence-corrected chi connectivity index (χ3v) is 3.37. The predicted octanol–water partition coefficient (Wildman–Crippen LogP) is 3.77. The Bertz CT molecular complexity index is 701. The third kappa shape index (κ3) is 2.24. The second-order valence-corrected chi connectivity index (χ2v) is 6.16. The number of para-hydroxylation sites is 1. The van der Waals surface area contributed by atoms with Crippen molar-refractivity contribution in [3.63, 3.8) is 0 Å². The number of aryl methyl sites for hydroxylation is 1. The highest BCUT2D eigenvalue weighted by Crippen LogP contribution is 2.29. The smallest absolute Gasteiger partial charge is 0.355 e. The van der Waals surface area contributed by atoms with Crippen molar-refractivity contribution in [1.29, 1.82) is 0 Å². The van der Waals surface area contributed by atoms with Gasteiger partial charge in [-0.1, -0.05) is 24.3 Å². The van der Waals surface area contributed by atoms with Crippen LogP contribution in [0.3, 0.4) is 0 Å². The van der Waals surface area contributed by atoms with E-state index in [1.54, 1.807) is 0 Å². The van der Waals surface area contributed by atoms with Crippen LogP contribution in [0.25, 0.3) is 16.6 Å². The molecule has 0 aliphatic carbocycles. The second-order valence-electron chi connectivity index (χ2n) is 6.16. The molecule has 3 nitrogen and oxygen atoms in total. The fourth-order valence-corrected chi connectivity index (χ4v) is 2.63. The average molecular weight is 269 g/mol. The molecule has 1 aliphatic heterocycles. The molecule has 0 N–H and O–H groups in total. The van der Waals surface area contributed by atoms with Gasteiger partial charge in [-0.25, -0.2) is 4.79 Å². The van der Waals surface area contributed by atoms with Crippen molar-refractivity contribution >= 4 is 22.6 Å². The first-order valence-corrected chi connectivity index (χ1v) is 6.99. The van der Waals surface area contributed by atoms with Crippen molar-refractivity contribution in [2.45, 2.75) is 39.2 Å². The van der Waals surface area contributed by atoms with Crippen LogP contribution in [0.15, 0.2) is 36.4 Å². The lowest BCUT2D eigenvalue weighted by Crippen LogP contribution is -2.27. The number of ether oxygens (including phenoxy) is 1. The lowest BCUT2D eigenvalue weighted by Gasteiger charge is -2.23. The Morgan fingerprint density at radius 2 is 2.00 bits per heavy atom. The van der Waals surface area contributed by atoms with Crippen LogP contribution in [-0.2, 0) is 16.0 Å². The summed E-state index contributed by atoms with van der Waals surface area (Å²) < 4.78 is 7.56. The Morgan fingerprint density at radius 1 is 1.25 bits per heavy atom. The quantitative estimate of drug-likeness (QED) is 0.738. The van der Waals surface area contributed by atoms with E-state index < -0.39 is 5.60 Å². The normalized spacial score (nSPS) is 14.8. The lowest BCUT2D eigenvalue weighted by molar-refractivity contribution is -0.147. The molecule has 1 aromatic heterocycles. The van der Waals surface area contributed by atoms with Crippen LogP contribution in [0.2, 0.25) is 0 Å². The van der Waals surface area contributed by atoms with Crippen LogP contribution in [-0.4, -0.2) is 16.1 Å². The van der Waals surface area contributed by atoms with Crippen molar-refractivity contribution in [1.82, 2.24) is 4.57 Å². The minimum absolute atomic E-state index is 0.250. The Labute approximate surface area is 118 Å². The number of aromatic nitrogens is 1. The Kier molecular flexibility index (Phi) is 2.93. The molecule has 3 rings (SSSR count). The molecule has 2 heterocycles. The summed E-state index contributed by atoms with van der Waals surface area (Å²) in [5, 5.41) is 1.17. The first-order chi connectivity index (χ1) is 9.46. The van der Waals surface area contributed by atoms with E-state index in [9.17, 15) is 4.79 Å². The minimum Gasteiger partial charge on any atom is -0.455 e. The summed E-state index contributed by atoms with van der Waals surface area (Å²) in [5.74, 6) is -0.250. The van der Waals surface area contributed by atoms with Gasteiger partial charge in [0.1, 0.15) is 11.3 Å². The summed E-state index contributed by atoms with van der Waals surface area (Å²) in [5.41, 5.74) is 2.41. The molecule has 0 atom stereocenters. The molecular weight excluding hydrogens is 250 g/mol. The van der Waals surface area contributed by atoms with E-state index in [1.165, 1.54) is 11.1 Å². The first kappa shape index (κ1) is 13.0. The fraction of sp³-hybridized carbons (Fsp3) is 0.353. The molecular formula is C17H19NO2. The Hall–Kier alpha value is -2.03. The molecule has 2 aromatic rings. The van der Waals surface area contributed by atoms with Crippen molar-refractivity contribution in [2.75, 3.05) is 0 Å². The largest absolute Gasteiger partial charge is 0.455 e. The number of nitrogens with zero attached hydrogens (tertiary/aromatic N) is 1. The minimum atomic E-state index is -0.474. The van der Waals surface area contributed by atoms with Crippen molar-refractivity contribution in [3.8, 4) is 0 Å². The average Bonchev–Trinajstić information content (AvgIpc) is 2.74. The number of carbonyl (C=O) groups excluding carboxylic acids is 1. The van der Waals surface area contributed by atoms with Gasteiger partial charge in [-0.05, 0) is 45.7 Å². The fourth-order valence-electron chi connectivity index (χ4n) is 2.63. The molecule has 0 fully saturated rings. The number of hydrogen-bond donors (Lipinski definition) is 0. The van der Waals surface area contributed by atoms with Crippen LogP contribution in [0.1, 0.15) is 32.9 Å². The predicted molar refractivity (Wildman–Crippen MR) is 80.4 cm³/mol. The molecule has 104 valence electrons. The highest BCUT2D eigenvalue weighted by molar-refractivity contribution is 6.12. The maximum atomic E-state index is 12.4. The molecule has 0 unspecified atom stereocenters. The standard InChI is InChI=1S/C17H19NO2/c1-17(2,3)20-16(19)15-10-6-8-13-11-12-7-4-5-9-14(12)18(13)15/h4-5,7,9-11H,6,8H2,1-3H3. The monoisotopic (exact) mass is 269 g/mol.